The van der Waals surface area contributed by atoms with E-state index < -0.39 is 57.2 Å². The molecule has 1 heterocycles. The maximum absolute atomic E-state index is 12.1. The molecule has 1 saturated heterocycles. The van der Waals surface area contributed by atoms with Gasteiger partial charge >= 0.3 is 13.8 Å². The van der Waals surface area contributed by atoms with Crippen LogP contribution < -0.4 is 5.32 Å². The van der Waals surface area contributed by atoms with Gasteiger partial charge in [-0.3, -0.25) is 13.8 Å². The summed E-state index contributed by atoms with van der Waals surface area (Å²) in [6.07, 6.45) is 14.8. The third-order valence-corrected chi connectivity index (χ3v) is 7.84. The Hall–Kier alpha value is -1.22. The second-order valence-corrected chi connectivity index (χ2v) is 12.2. The lowest BCUT2D eigenvalue weighted by Crippen LogP contribution is -2.64. The average Bonchev–Trinajstić information content (AvgIpc) is 2.98. The van der Waals surface area contributed by atoms with E-state index >= 15 is 0 Å². The maximum atomic E-state index is 12.1. The van der Waals surface area contributed by atoms with E-state index in [9.17, 15) is 39.8 Å². The number of unbranched alkanes of at least 4 members (excludes halogenated alkanes) is 8. The van der Waals surface area contributed by atoms with Gasteiger partial charge in [0.2, 0.25) is 5.79 Å². The Morgan fingerprint density at radius 2 is 1.67 bits per heavy atom. The average molecular weight is 640 g/mol. The van der Waals surface area contributed by atoms with E-state index in [2.05, 4.69) is 36.5 Å². The first kappa shape index (κ1) is 39.8. The topological polar surface area (TPSA) is 204 Å². The van der Waals surface area contributed by atoms with Gasteiger partial charge in [0, 0.05) is 13.0 Å². The molecule has 7 N–H and O–H groups in total. The second-order valence-electron chi connectivity index (χ2n) is 10.7. The van der Waals surface area contributed by atoms with Crippen molar-refractivity contribution >= 4 is 13.8 Å². The molecule has 0 radical (unpaired) electrons. The first-order chi connectivity index (χ1) is 20.5. The third kappa shape index (κ3) is 18.4. The van der Waals surface area contributed by atoms with Gasteiger partial charge in [-0.05, 0) is 38.5 Å². The highest BCUT2D eigenvalue weighted by molar-refractivity contribution is 7.47. The van der Waals surface area contributed by atoms with E-state index in [1.54, 1.807) is 0 Å². The summed E-state index contributed by atoms with van der Waals surface area (Å²) >= 11 is 0. The van der Waals surface area contributed by atoms with Crippen molar-refractivity contribution < 1.29 is 58.3 Å². The molecular formula is C29H54NO12P. The molecule has 0 bridgehead atoms. The summed E-state index contributed by atoms with van der Waals surface area (Å²) in [6, 6.07) is 0. The summed E-state index contributed by atoms with van der Waals surface area (Å²) in [4.78, 5) is 21.9. The fourth-order valence-corrected chi connectivity index (χ4v) is 4.96. The molecule has 0 aliphatic carbocycles. The van der Waals surface area contributed by atoms with E-state index in [1.165, 1.54) is 19.3 Å². The number of hydrogen-bond donors (Lipinski definition) is 7. The number of ether oxygens (including phenoxy) is 2. The summed E-state index contributed by atoms with van der Waals surface area (Å²) in [5.74, 6) is -2.70. The predicted octanol–water partition coefficient (Wildman–Crippen LogP) is 2.23. The van der Waals surface area contributed by atoms with Crippen LogP contribution in [0.25, 0.3) is 0 Å². The predicted molar refractivity (Wildman–Crippen MR) is 160 cm³/mol. The Kier molecular flexibility index (Phi) is 21.4. The number of esters is 1. The SMILES string of the molecule is CCCCC/C=C\C/C=C\CCCCCCCC(=O)O[C@H](CO)COP(=O)(O)OCCNC[C@@]1(O)OC[C@@H](O)[C@@H](O)[C@@H]1O. The molecule has 1 aliphatic heterocycles. The number of aliphatic hydroxyl groups excluding tert-OH is 4. The van der Waals surface area contributed by atoms with E-state index in [0.29, 0.717) is 6.42 Å². The van der Waals surface area contributed by atoms with Crippen LogP contribution in [0, 0.1) is 0 Å². The van der Waals surface area contributed by atoms with Crippen LogP contribution in [0.5, 0.6) is 0 Å². The summed E-state index contributed by atoms with van der Waals surface area (Å²) in [7, 11) is -4.54. The molecule has 1 unspecified atom stereocenters. The molecule has 0 aromatic carbocycles. The molecule has 14 heteroatoms. The van der Waals surface area contributed by atoms with Crippen molar-refractivity contribution in [2.45, 2.75) is 114 Å². The molecule has 1 rings (SSSR count). The summed E-state index contributed by atoms with van der Waals surface area (Å²) in [5, 5.41) is 51.4. The van der Waals surface area contributed by atoms with Crippen LogP contribution in [0.2, 0.25) is 0 Å². The first-order valence-corrected chi connectivity index (χ1v) is 16.9. The largest absolute Gasteiger partial charge is 0.472 e. The van der Waals surface area contributed by atoms with Crippen molar-refractivity contribution in [2.24, 2.45) is 0 Å². The zero-order valence-electron chi connectivity index (χ0n) is 25.4. The van der Waals surface area contributed by atoms with Crippen LogP contribution in [0.3, 0.4) is 0 Å². The molecule has 0 spiro atoms. The van der Waals surface area contributed by atoms with Gasteiger partial charge in [-0.15, -0.1) is 0 Å². The monoisotopic (exact) mass is 639 g/mol. The number of allylic oxidation sites excluding steroid dienone is 4. The smallest absolute Gasteiger partial charge is 0.457 e. The van der Waals surface area contributed by atoms with E-state index in [0.717, 1.165) is 44.9 Å². The Labute approximate surface area is 255 Å². The minimum atomic E-state index is -4.54. The fraction of sp³-hybridized carbons (Fsp3) is 0.828. The highest BCUT2D eigenvalue weighted by Gasteiger charge is 2.48. The lowest BCUT2D eigenvalue weighted by molar-refractivity contribution is -0.317. The van der Waals surface area contributed by atoms with Crippen molar-refractivity contribution in [3.8, 4) is 0 Å². The van der Waals surface area contributed by atoms with Gasteiger partial charge in [-0.1, -0.05) is 63.3 Å². The first-order valence-electron chi connectivity index (χ1n) is 15.4. The molecule has 1 aliphatic rings. The van der Waals surface area contributed by atoms with Gasteiger partial charge in [0.15, 0.2) is 0 Å². The zero-order chi connectivity index (χ0) is 32.0. The Bertz CT molecular complexity index is 844. The van der Waals surface area contributed by atoms with Crippen LogP contribution in [0.4, 0.5) is 0 Å². The highest BCUT2D eigenvalue weighted by Crippen LogP contribution is 2.43. The standard InChI is InChI=1S/C29H54NO12P/c1-2-3-4-5-6-7-8-9-10-11-12-13-14-15-16-17-26(33)42-24(20-31)21-41-43(37,38)40-19-18-30-23-29(36)28(35)27(34)25(32)22-39-29/h6-7,9-10,24-25,27-28,30-32,34-36H,2-5,8,11-23H2,1H3,(H,37,38)/b7-6-,10-9-/t24-,25-,27-,28+,29-/m1/s1. The van der Waals surface area contributed by atoms with Gasteiger partial charge in [-0.2, -0.15) is 0 Å². The normalized spacial score (nSPS) is 24.9. The Morgan fingerprint density at radius 1 is 1.02 bits per heavy atom. The summed E-state index contributed by atoms with van der Waals surface area (Å²) < 4.78 is 31.8. The number of hydrogen-bond acceptors (Lipinski definition) is 12. The number of phosphoric ester groups is 1. The molecule has 13 nitrogen and oxygen atoms in total. The summed E-state index contributed by atoms with van der Waals surface area (Å²) in [6.45, 7) is -0.119. The van der Waals surface area contributed by atoms with Crippen LogP contribution in [0.15, 0.2) is 24.3 Å². The molecule has 0 aromatic rings. The van der Waals surface area contributed by atoms with Crippen molar-refractivity contribution in [1.29, 1.82) is 0 Å². The number of aliphatic hydroxyl groups is 5. The molecule has 6 atom stereocenters. The lowest BCUT2D eigenvalue weighted by Gasteiger charge is -2.41. The zero-order valence-corrected chi connectivity index (χ0v) is 26.3. The van der Waals surface area contributed by atoms with Crippen molar-refractivity contribution in [3.05, 3.63) is 24.3 Å². The van der Waals surface area contributed by atoms with Crippen molar-refractivity contribution in [3.63, 3.8) is 0 Å². The van der Waals surface area contributed by atoms with Gasteiger partial charge < -0.3 is 45.2 Å². The van der Waals surface area contributed by atoms with Gasteiger partial charge in [0.1, 0.15) is 24.4 Å². The van der Waals surface area contributed by atoms with Crippen LogP contribution in [-0.4, -0.2) is 106 Å². The van der Waals surface area contributed by atoms with Crippen LogP contribution in [0.1, 0.15) is 84.0 Å². The van der Waals surface area contributed by atoms with E-state index in [1.807, 2.05) is 0 Å². The molecule has 43 heavy (non-hydrogen) atoms. The molecule has 0 saturated carbocycles. The number of carbonyl (C=O) groups is 1. The number of carbonyl (C=O) groups excluding carboxylic acids is 1. The highest BCUT2D eigenvalue weighted by atomic mass is 31.2. The maximum Gasteiger partial charge on any atom is 0.472 e. The lowest BCUT2D eigenvalue weighted by atomic mass is 9.97. The third-order valence-electron chi connectivity index (χ3n) is 6.85. The Morgan fingerprint density at radius 3 is 2.35 bits per heavy atom. The van der Waals surface area contributed by atoms with Gasteiger partial charge in [0.25, 0.3) is 0 Å². The minimum absolute atomic E-state index is 0.0725. The Balaban J connectivity index is 2.10. The molecule has 252 valence electrons. The van der Waals surface area contributed by atoms with E-state index in [-0.39, 0.29) is 32.7 Å². The van der Waals surface area contributed by atoms with Crippen LogP contribution >= 0.6 is 7.82 Å². The fourth-order valence-electron chi connectivity index (χ4n) is 4.21. The molecular weight excluding hydrogens is 585 g/mol. The summed E-state index contributed by atoms with van der Waals surface area (Å²) in [5.41, 5.74) is 0. The van der Waals surface area contributed by atoms with E-state index in [4.69, 9.17) is 18.5 Å². The number of rotatable bonds is 25. The van der Waals surface area contributed by atoms with Crippen molar-refractivity contribution in [2.75, 3.05) is 39.5 Å². The molecule has 1 fully saturated rings. The second kappa shape index (κ2) is 23.2. The van der Waals surface area contributed by atoms with Crippen molar-refractivity contribution in [1.82, 2.24) is 5.32 Å². The minimum Gasteiger partial charge on any atom is -0.457 e. The number of nitrogens with one attached hydrogen (secondary N) is 1. The van der Waals surface area contributed by atoms with Crippen LogP contribution in [-0.2, 0) is 27.9 Å². The quantitative estimate of drug-likeness (QED) is 0.0332. The molecule has 0 aromatic heterocycles. The van der Waals surface area contributed by atoms with Gasteiger partial charge in [-0.25, -0.2) is 4.57 Å². The number of phosphoric acid groups is 1. The molecule has 0 amide bonds. The van der Waals surface area contributed by atoms with Gasteiger partial charge in [0.05, 0.1) is 33.0 Å².